The van der Waals surface area contributed by atoms with Gasteiger partial charge in [-0.05, 0) is 25.1 Å². The van der Waals surface area contributed by atoms with Crippen LogP contribution in [0.1, 0.15) is 11.1 Å². The minimum Gasteiger partial charge on any atom is -0.487 e. The quantitative estimate of drug-likeness (QED) is 0.398. The molecule has 0 saturated heterocycles. The Morgan fingerprint density at radius 1 is 1.18 bits per heavy atom. The van der Waals surface area contributed by atoms with Gasteiger partial charge in [0.25, 0.3) is 10.0 Å². The fraction of sp³-hybridized carbons (Fsp3) is 0.150. The van der Waals surface area contributed by atoms with Gasteiger partial charge in [0.15, 0.2) is 16.4 Å². The lowest BCUT2D eigenvalue weighted by atomic mass is 10.1. The van der Waals surface area contributed by atoms with Crippen molar-refractivity contribution in [3.05, 3.63) is 64.6 Å². The average molecular weight is 496 g/mol. The van der Waals surface area contributed by atoms with Gasteiger partial charge in [-0.15, -0.1) is 0 Å². The SMILES string of the molecule is COc1ncc(Cl)cc1S(=O)(=O)Nc1ccc(F)c(COc2cnc3[nH]ncc3c2C)c1F. The first-order valence-electron chi connectivity index (χ1n) is 9.32. The summed E-state index contributed by atoms with van der Waals surface area (Å²) in [6.45, 7) is 1.24. The number of aromatic nitrogens is 4. The Hall–Kier alpha value is -3.51. The van der Waals surface area contributed by atoms with E-state index >= 15 is 4.39 Å². The molecule has 0 unspecified atom stereocenters. The normalized spacial score (nSPS) is 11.5. The van der Waals surface area contributed by atoms with E-state index in [9.17, 15) is 12.8 Å². The van der Waals surface area contributed by atoms with Crippen LogP contribution in [0.25, 0.3) is 11.0 Å². The van der Waals surface area contributed by atoms with Crippen LogP contribution in [0.15, 0.2) is 41.7 Å². The summed E-state index contributed by atoms with van der Waals surface area (Å²) in [6, 6.07) is 2.99. The third-order valence-electron chi connectivity index (χ3n) is 4.77. The third kappa shape index (κ3) is 4.39. The van der Waals surface area contributed by atoms with E-state index in [1.54, 1.807) is 13.1 Å². The maximum absolute atomic E-state index is 15.1. The number of aryl methyl sites for hydroxylation is 1. The number of pyridine rings is 2. The van der Waals surface area contributed by atoms with E-state index in [1.807, 2.05) is 0 Å². The molecule has 0 saturated carbocycles. The lowest BCUT2D eigenvalue weighted by molar-refractivity contribution is 0.290. The summed E-state index contributed by atoms with van der Waals surface area (Å²) in [5.41, 5.74) is 0.252. The molecule has 0 aliphatic rings. The van der Waals surface area contributed by atoms with Gasteiger partial charge in [-0.3, -0.25) is 9.82 Å². The third-order valence-corrected chi connectivity index (χ3v) is 6.34. The summed E-state index contributed by atoms with van der Waals surface area (Å²) >= 11 is 5.84. The number of nitrogens with zero attached hydrogens (tertiary/aromatic N) is 3. The highest BCUT2D eigenvalue weighted by molar-refractivity contribution is 7.92. The zero-order valence-electron chi connectivity index (χ0n) is 17.2. The van der Waals surface area contributed by atoms with E-state index in [0.717, 1.165) is 18.2 Å². The minimum absolute atomic E-state index is 0.0309. The summed E-state index contributed by atoms with van der Waals surface area (Å²) in [7, 11) is -3.14. The van der Waals surface area contributed by atoms with Crippen LogP contribution in [-0.4, -0.2) is 35.7 Å². The number of sulfonamides is 1. The first-order chi connectivity index (χ1) is 15.7. The number of halogens is 3. The lowest BCUT2D eigenvalue weighted by Crippen LogP contribution is -2.17. The predicted molar refractivity (Wildman–Crippen MR) is 116 cm³/mol. The smallest absolute Gasteiger partial charge is 0.267 e. The Labute approximate surface area is 191 Å². The molecule has 1 aromatic carbocycles. The maximum atomic E-state index is 15.1. The van der Waals surface area contributed by atoms with Gasteiger partial charge in [0.1, 0.15) is 18.2 Å². The Morgan fingerprint density at radius 2 is 1.97 bits per heavy atom. The molecule has 0 spiro atoms. The molecule has 0 atom stereocenters. The number of benzene rings is 1. The van der Waals surface area contributed by atoms with Crippen molar-refractivity contribution in [2.45, 2.75) is 18.4 Å². The van der Waals surface area contributed by atoms with Crippen LogP contribution in [0, 0.1) is 18.6 Å². The van der Waals surface area contributed by atoms with Crippen molar-refractivity contribution in [2.24, 2.45) is 0 Å². The zero-order valence-corrected chi connectivity index (χ0v) is 18.8. The number of fused-ring (bicyclic) bond motifs is 1. The molecule has 9 nitrogen and oxygen atoms in total. The maximum Gasteiger partial charge on any atom is 0.267 e. The van der Waals surface area contributed by atoms with Gasteiger partial charge in [-0.25, -0.2) is 27.2 Å². The number of rotatable bonds is 7. The molecule has 4 rings (SSSR count). The molecule has 4 aromatic rings. The average Bonchev–Trinajstić information content (AvgIpc) is 3.27. The summed E-state index contributed by atoms with van der Waals surface area (Å²) in [5, 5.41) is 7.32. The summed E-state index contributed by atoms with van der Waals surface area (Å²) < 4.78 is 67.7. The van der Waals surface area contributed by atoms with E-state index in [0.29, 0.717) is 22.3 Å². The molecule has 13 heteroatoms. The molecule has 0 fully saturated rings. The Morgan fingerprint density at radius 3 is 2.73 bits per heavy atom. The highest BCUT2D eigenvalue weighted by Gasteiger charge is 2.25. The van der Waals surface area contributed by atoms with Gasteiger partial charge in [0.05, 0.1) is 35.8 Å². The van der Waals surface area contributed by atoms with E-state index in [1.165, 1.54) is 19.5 Å². The number of anilines is 1. The molecule has 0 bridgehead atoms. The van der Waals surface area contributed by atoms with Crippen LogP contribution in [-0.2, 0) is 16.6 Å². The summed E-state index contributed by atoms with van der Waals surface area (Å²) in [6.07, 6.45) is 4.15. The van der Waals surface area contributed by atoms with Crippen molar-refractivity contribution in [1.29, 1.82) is 0 Å². The Kier molecular flexibility index (Phi) is 6.04. The molecule has 0 radical (unpaired) electrons. The Balaban J connectivity index is 1.63. The number of aromatic amines is 1. The Bertz CT molecular complexity index is 1460. The van der Waals surface area contributed by atoms with Crippen LogP contribution in [0.2, 0.25) is 5.02 Å². The van der Waals surface area contributed by atoms with Crippen molar-refractivity contribution in [3.63, 3.8) is 0 Å². The monoisotopic (exact) mass is 495 g/mol. The second kappa shape index (κ2) is 8.79. The van der Waals surface area contributed by atoms with Crippen LogP contribution in [0.5, 0.6) is 11.6 Å². The number of methoxy groups -OCH3 is 1. The topological polar surface area (TPSA) is 119 Å². The predicted octanol–water partition coefficient (Wildman–Crippen LogP) is 3.98. The zero-order chi connectivity index (χ0) is 23.8. The van der Waals surface area contributed by atoms with Crippen molar-refractivity contribution in [2.75, 3.05) is 11.8 Å². The molecule has 2 N–H and O–H groups in total. The van der Waals surface area contributed by atoms with Crippen molar-refractivity contribution in [1.82, 2.24) is 20.2 Å². The van der Waals surface area contributed by atoms with Crippen molar-refractivity contribution in [3.8, 4) is 11.6 Å². The van der Waals surface area contributed by atoms with Gasteiger partial charge in [0.2, 0.25) is 5.88 Å². The standard InChI is InChI=1S/C20H16ClF2N5O4S/c1-10-12-7-26-27-19(12)24-8-16(10)32-9-13-14(22)3-4-15(18(13)23)28-33(29,30)17-5-11(21)6-25-20(17)31-2/h3-8,28H,9H2,1-2H3,(H,24,26,27). The number of ether oxygens (including phenoxy) is 2. The largest absolute Gasteiger partial charge is 0.487 e. The molecular formula is C20H16ClF2N5O4S. The van der Waals surface area contributed by atoms with Gasteiger partial charge < -0.3 is 9.47 Å². The second-order valence-corrected chi connectivity index (χ2v) is 8.91. The van der Waals surface area contributed by atoms with Crippen LogP contribution >= 0.6 is 11.6 Å². The highest BCUT2D eigenvalue weighted by atomic mass is 35.5. The van der Waals surface area contributed by atoms with Crippen molar-refractivity contribution >= 4 is 38.3 Å². The van der Waals surface area contributed by atoms with Crippen LogP contribution in [0.3, 0.4) is 0 Å². The summed E-state index contributed by atoms with van der Waals surface area (Å²) in [5.74, 6) is -1.99. The molecule has 0 amide bonds. The number of hydrogen-bond donors (Lipinski definition) is 2. The van der Waals surface area contributed by atoms with Gasteiger partial charge in [0, 0.05) is 17.1 Å². The molecule has 3 aromatic heterocycles. The molecule has 3 heterocycles. The molecule has 172 valence electrons. The lowest BCUT2D eigenvalue weighted by Gasteiger charge is -2.15. The van der Waals surface area contributed by atoms with E-state index in [-0.39, 0.29) is 10.9 Å². The van der Waals surface area contributed by atoms with Gasteiger partial charge in [-0.1, -0.05) is 11.6 Å². The van der Waals surface area contributed by atoms with Gasteiger partial charge >= 0.3 is 0 Å². The first-order valence-corrected chi connectivity index (χ1v) is 11.2. The van der Waals surface area contributed by atoms with E-state index in [2.05, 4.69) is 24.9 Å². The van der Waals surface area contributed by atoms with Crippen molar-refractivity contribution < 1.29 is 26.7 Å². The fourth-order valence-corrected chi connectivity index (χ4v) is 4.49. The number of nitrogens with one attached hydrogen (secondary N) is 2. The summed E-state index contributed by atoms with van der Waals surface area (Å²) in [4.78, 5) is 7.51. The van der Waals surface area contributed by atoms with Gasteiger partial charge in [-0.2, -0.15) is 5.10 Å². The molecule has 33 heavy (non-hydrogen) atoms. The number of H-pyrrole nitrogens is 1. The second-order valence-electron chi connectivity index (χ2n) is 6.82. The van der Waals surface area contributed by atoms with E-state index in [4.69, 9.17) is 21.1 Å². The van der Waals surface area contributed by atoms with Crippen LogP contribution < -0.4 is 14.2 Å². The molecular weight excluding hydrogens is 480 g/mol. The van der Waals surface area contributed by atoms with E-state index < -0.39 is 44.4 Å². The minimum atomic E-state index is -4.37. The first kappa shape index (κ1) is 22.7. The number of hydrogen-bond acceptors (Lipinski definition) is 7. The van der Waals surface area contributed by atoms with Crippen LogP contribution in [0.4, 0.5) is 14.5 Å². The fourth-order valence-electron chi connectivity index (χ4n) is 3.06. The molecule has 0 aliphatic carbocycles. The highest BCUT2D eigenvalue weighted by Crippen LogP contribution is 2.30. The molecule has 0 aliphatic heterocycles.